The van der Waals surface area contributed by atoms with Crippen molar-refractivity contribution in [1.82, 2.24) is 0 Å². The average molecular weight is 200 g/mol. The third-order valence-corrected chi connectivity index (χ3v) is 1.36. The van der Waals surface area contributed by atoms with Gasteiger partial charge in [0, 0.05) is 6.61 Å². The van der Waals surface area contributed by atoms with Crippen molar-refractivity contribution in [3.05, 3.63) is 24.7 Å². The molecule has 0 heterocycles. The fourth-order valence-electron chi connectivity index (χ4n) is 0.836. The summed E-state index contributed by atoms with van der Waals surface area (Å²) in [7, 11) is 0. The molecule has 84 valence electrons. The minimum Gasteiger partial charge on any atom is -0.468 e. The summed E-state index contributed by atoms with van der Waals surface area (Å²) in [6.45, 7) is 13.1. The Morgan fingerprint density at radius 2 is 1.57 bits per heavy atom. The Balaban J connectivity index is 0. The first kappa shape index (κ1) is 15.7. The van der Waals surface area contributed by atoms with Gasteiger partial charge >= 0.3 is 0 Å². The fraction of sp³-hybridized carbons (Fsp3) is 0.667. The zero-order chi connectivity index (χ0) is 11.4. The van der Waals surface area contributed by atoms with Gasteiger partial charge in [0.15, 0.2) is 0 Å². The molecule has 0 unspecified atom stereocenters. The van der Waals surface area contributed by atoms with Crippen molar-refractivity contribution in [2.75, 3.05) is 6.61 Å². The van der Waals surface area contributed by atoms with Crippen molar-refractivity contribution in [2.24, 2.45) is 0 Å². The standard InChI is InChI=1S/C6H10O.C6H14O/c1-5(2)7-6(3)4;1-2-3-4-5-6-7/h1,3H2,2,4H3;7H,2-6H2,1H3. The molecule has 0 saturated carbocycles. The Hall–Kier alpha value is -0.760. The van der Waals surface area contributed by atoms with Crippen molar-refractivity contribution in [3.8, 4) is 0 Å². The molecule has 0 aromatic carbocycles. The average Bonchev–Trinajstić information content (AvgIpc) is 2.04. The highest BCUT2D eigenvalue weighted by Crippen LogP contribution is 1.97. The number of hydrogen-bond acceptors (Lipinski definition) is 2. The summed E-state index contributed by atoms with van der Waals surface area (Å²) < 4.78 is 4.86. The number of rotatable bonds is 6. The second-order valence-electron chi connectivity index (χ2n) is 3.29. The van der Waals surface area contributed by atoms with Crippen LogP contribution in [0.4, 0.5) is 0 Å². The van der Waals surface area contributed by atoms with Gasteiger partial charge in [0.1, 0.15) is 0 Å². The molecule has 1 N–H and O–H groups in total. The Labute approximate surface area is 88.3 Å². The number of hydrogen-bond donors (Lipinski definition) is 1. The first-order chi connectivity index (χ1) is 6.54. The highest BCUT2D eigenvalue weighted by atomic mass is 16.5. The van der Waals surface area contributed by atoms with Crippen molar-refractivity contribution < 1.29 is 9.84 Å². The molecule has 2 heteroatoms. The van der Waals surface area contributed by atoms with E-state index in [9.17, 15) is 0 Å². The second kappa shape index (κ2) is 12.2. The summed E-state index contributed by atoms with van der Waals surface area (Å²) in [4.78, 5) is 0. The second-order valence-corrected chi connectivity index (χ2v) is 3.29. The molecule has 0 aromatic heterocycles. The van der Waals surface area contributed by atoms with Crippen molar-refractivity contribution in [1.29, 1.82) is 0 Å². The number of allylic oxidation sites excluding steroid dienone is 2. The highest BCUT2D eigenvalue weighted by Gasteiger charge is 1.81. The number of aliphatic hydroxyl groups is 1. The number of ether oxygens (including phenoxy) is 1. The van der Waals surface area contributed by atoms with Crippen LogP contribution in [0.3, 0.4) is 0 Å². The molecular weight excluding hydrogens is 176 g/mol. The number of aliphatic hydroxyl groups excluding tert-OH is 1. The van der Waals surface area contributed by atoms with E-state index in [4.69, 9.17) is 9.84 Å². The zero-order valence-corrected chi connectivity index (χ0v) is 9.81. The third-order valence-electron chi connectivity index (χ3n) is 1.36. The Kier molecular flexibility index (Phi) is 13.7. The molecule has 0 spiro atoms. The summed E-state index contributed by atoms with van der Waals surface area (Å²) in [5.74, 6) is 1.38. The first-order valence-corrected chi connectivity index (χ1v) is 5.14. The van der Waals surface area contributed by atoms with Crippen LogP contribution in [0.25, 0.3) is 0 Å². The van der Waals surface area contributed by atoms with Crippen LogP contribution in [0, 0.1) is 0 Å². The smallest absolute Gasteiger partial charge is 0.0933 e. The van der Waals surface area contributed by atoms with E-state index in [1.165, 1.54) is 19.3 Å². The molecule has 0 fully saturated rings. The van der Waals surface area contributed by atoms with Crippen molar-refractivity contribution >= 4 is 0 Å². The molecule has 0 saturated heterocycles. The molecular formula is C12H24O2. The zero-order valence-electron chi connectivity index (χ0n) is 9.81. The fourth-order valence-corrected chi connectivity index (χ4v) is 0.836. The SMILES string of the molecule is C=C(C)OC(=C)C.CCCCCCO. The molecule has 0 amide bonds. The van der Waals surface area contributed by atoms with Gasteiger partial charge in [-0.15, -0.1) is 0 Å². The molecule has 0 atom stereocenters. The minimum atomic E-state index is 0.361. The maximum Gasteiger partial charge on any atom is 0.0933 e. The molecule has 0 aromatic rings. The van der Waals surface area contributed by atoms with E-state index in [0.29, 0.717) is 18.1 Å². The van der Waals surface area contributed by atoms with E-state index in [-0.39, 0.29) is 0 Å². The lowest BCUT2D eigenvalue weighted by Crippen LogP contribution is -1.80. The summed E-state index contributed by atoms with van der Waals surface area (Å²) in [5, 5.41) is 8.29. The van der Waals surface area contributed by atoms with E-state index >= 15 is 0 Å². The largest absolute Gasteiger partial charge is 0.468 e. The minimum absolute atomic E-state index is 0.361. The van der Waals surface area contributed by atoms with Gasteiger partial charge in [-0.05, 0) is 20.3 Å². The van der Waals surface area contributed by atoms with Gasteiger partial charge in [0.05, 0.1) is 11.5 Å². The van der Waals surface area contributed by atoms with Gasteiger partial charge in [-0.1, -0.05) is 39.3 Å². The molecule has 0 radical (unpaired) electrons. The van der Waals surface area contributed by atoms with Crippen LogP contribution in [0.2, 0.25) is 0 Å². The van der Waals surface area contributed by atoms with Crippen LogP contribution >= 0.6 is 0 Å². The van der Waals surface area contributed by atoms with Crippen LogP contribution < -0.4 is 0 Å². The predicted molar refractivity (Wildman–Crippen MR) is 61.9 cm³/mol. The Morgan fingerprint density at radius 3 is 1.79 bits per heavy atom. The first-order valence-electron chi connectivity index (χ1n) is 5.14. The summed E-state index contributed by atoms with van der Waals surface area (Å²) >= 11 is 0. The van der Waals surface area contributed by atoms with Gasteiger partial charge in [-0.25, -0.2) is 0 Å². The van der Waals surface area contributed by atoms with Crippen LogP contribution in [0.1, 0.15) is 46.5 Å². The van der Waals surface area contributed by atoms with Crippen LogP contribution in [-0.4, -0.2) is 11.7 Å². The Morgan fingerprint density at radius 1 is 1.07 bits per heavy atom. The van der Waals surface area contributed by atoms with Gasteiger partial charge < -0.3 is 9.84 Å². The Bertz CT molecular complexity index is 134. The van der Waals surface area contributed by atoms with E-state index in [2.05, 4.69) is 20.1 Å². The molecule has 0 bridgehead atoms. The lowest BCUT2D eigenvalue weighted by atomic mass is 10.2. The highest BCUT2D eigenvalue weighted by molar-refractivity contribution is 4.85. The monoisotopic (exact) mass is 200 g/mol. The van der Waals surface area contributed by atoms with E-state index in [1.54, 1.807) is 13.8 Å². The normalized spacial score (nSPS) is 8.57. The summed E-state index contributed by atoms with van der Waals surface area (Å²) in [6.07, 6.45) is 4.68. The maximum atomic E-state index is 8.29. The topological polar surface area (TPSA) is 29.5 Å². The molecule has 0 aliphatic rings. The van der Waals surface area contributed by atoms with Gasteiger partial charge in [-0.3, -0.25) is 0 Å². The van der Waals surface area contributed by atoms with Gasteiger partial charge in [-0.2, -0.15) is 0 Å². The summed E-state index contributed by atoms with van der Waals surface area (Å²) in [6, 6.07) is 0. The molecule has 2 nitrogen and oxygen atoms in total. The molecule has 0 aliphatic heterocycles. The summed E-state index contributed by atoms with van der Waals surface area (Å²) in [5.41, 5.74) is 0. The van der Waals surface area contributed by atoms with E-state index in [0.717, 1.165) is 6.42 Å². The van der Waals surface area contributed by atoms with Gasteiger partial charge in [0.2, 0.25) is 0 Å². The maximum absolute atomic E-state index is 8.29. The number of unbranched alkanes of at least 4 members (excludes halogenated alkanes) is 3. The quantitative estimate of drug-likeness (QED) is 0.524. The van der Waals surface area contributed by atoms with E-state index < -0.39 is 0 Å². The van der Waals surface area contributed by atoms with Crippen LogP contribution in [-0.2, 0) is 4.74 Å². The van der Waals surface area contributed by atoms with E-state index in [1.807, 2.05) is 0 Å². The van der Waals surface area contributed by atoms with Crippen LogP contribution in [0.5, 0.6) is 0 Å². The predicted octanol–water partition coefficient (Wildman–Crippen LogP) is 3.63. The van der Waals surface area contributed by atoms with Gasteiger partial charge in [0.25, 0.3) is 0 Å². The molecule has 14 heavy (non-hydrogen) atoms. The lowest BCUT2D eigenvalue weighted by Gasteiger charge is -1.99. The van der Waals surface area contributed by atoms with Crippen molar-refractivity contribution in [2.45, 2.75) is 46.5 Å². The third kappa shape index (κ3) is 22.5. The van der Waals surface area contributed by atoms with Crippen molar-refractivity contribution in [3.63, 3.8) is 0 Å². The molecule has 0 aliphatic carbocycles. The lowest BCUT2D eigenvalue weighted by molar-refractivity contribution is 0.283. The van der Waals surface area contributed by atoms with Crippen LogP contribution in [0.15, 0.2) is 24.7 Å². The molecule has 0 rings (SSSR count).